The minimum absolute atomic E-state index is 0.0122. The lowest BCUT2D eigenvalue weighted by molar-refractivity contribution is -0.442. The highest BCUT2D eigenvalue weighted by Gasteiger charge is 2.50. The van der Waals surface area contributed by atoms with Crippen LogP contribution in [0.4, 0.5) is 11.4 Å². The summed E-state index contributed by atoms with van der Waals surface area (Å²) in [5, 5.41) is -0.108. The maximum atomic E-state index is 13.3. The molecule has 2 unspecified atom stereocenters. The summed E-state index contributed by atoms with van der Waals surface area (Å²) in [6, 6.07) is 8.88. The summed E-state index contributed by atoms with van der Waals surface area (Å²) >= 11 is 0. The second-order valence-electron chi connectivity index (χ2n) is 23.5. The predicted octanol–water partition coefficient (Wildman–Crippen LogP) is 5.01. The Kier molecular flexibility index (Phi) is 28.5. The van der Waals surface area contributed by atoms with E-state index in [1.807, 2.05) is 0 Å². The van der Waals surface area contributed by atoms with E-state index in [0.717, 1.165) is 12.1 Å². The van der Waals surface area contributed by atoms with Crippen molar-refractivity contribution in [2.75, 3.05) is 144 Å². The van der Waals surface area contributed by atoms with Gasteiger partial charge in [0.25, 0.3) is 52.3 Å². The van der Waals surface area contributed by atoms with Crippen LogP contribution in [0, 0.1) is 0 Å². The summed E-state index contributed by atoms with van der Waals surface area (Å²) < 4.78 is 235. The number of imide groups is 1. The molecule has 3 aliphatic heterocycles. The van der Waals surface area contributed by atoms with E-state index in [2.05, 4.69) is 0 Å². The summed E-state index contributed by atoms with van der Waals surface area (Å²) in [7, 11) is -22.6. The van der Waals surface area contributed by atoms with Crippen molar-refractivity contribution in [3.05, 3.63) is 95.2 Å². The van der Waals surface area contributed by atoms with E-state index in [1.54, 1.807) is 61.7 Å². The van der Waals surface area contributed by atoms with E-state index in [1.165, 1.54) is 31.4 Å². The van der Waals surface area contributed by atoms with Gasteiger partial charge in [0.1, 0.15) is 21.6 Å². The first-order valence-electron chi connectivity index (χ1n) is 31.3. The molecule has 31 nitrogen and oxygen atoms in total. The Morgan fingerprint density at radius 1 is 0.586 bits per heavy atom. The van der Waals surface area contributed by atoms with Gasteiger partial charge in [-0.3, -0.25) is 27.8 Å². The van der Waals surface area contributed by atoms with Crippen LogP contribution in [0.25, 0.3) is 21.5 Å². The molecule has 1 fully saturated rings. The van der Waals surface area contributed by atoms with Crippen LogP contribution in [0.5, 0.6) is 0 Å². The molecule has 3 aliphatic rings. The number of rotatable bonds is 43. The molecule has 2 atom stereocenters. The molecule has 4 N–H and O–H groups in total. The number of hydroxylamine groups is 2. The number of anilines is 1. The summed E-state index contributed by atoms with van der Waals surface area (Å²) in [5.41, 5.74) is -0.372. The smallest absolute Gasteiger partial charge is 0.333 e. The van der Waals surface area contributed by atoms with E-state index in [4.69, 9.17) is 47.5 Å². The molecule has 0 bridgehead atoms. The van der Waals surface area contributed by atoms with E-state index < -0.39 is 105 Å². The Balaban J connectivity index is 1.35. The summed E-state index contributed by atoms with van der Waals surface area (Å²) in [6.07, 6.45) is 5.65. The highest BCUT2D eigenvalue weighted by molar-refractivity contribution is 7.87. The Labute approximate surface area is 575 Å². The number of hydrogen-bond donors (Lipinski definition) is 4. The molecule has 0 aliphatic carbocycles. The van der Waals surface area contributed by atoms with E-state index in [-0.39, 0.29) is 157 Å². The Morgan fingerprint density at radius 2 is 1.07 bits per heavy atom. The fraction of sp³-hybridized carbons (Fsp3) is 0.524. The molecule has 7 rings (SSSR count). The first kappa shape index (κ1) is 80.2. The van der Waals surface area contributed by atoms with Crippen LogP contribution < -0.4 is 4.90 Å². The second kappa shape index (κ2) is 35.2. The summed E-state index contributed by atoms with van der Waals surface area (Å²) in [4.78, 5) is 41.4. The lowest BCUT2D eigenvalue weighted by Gasteiger charge is -2.31. The van der Waals surface area contributed by atoms with Crippen LogP contribution in [0.1, 0.15) is 76.8 Å². The molecule has 2 amide bonds. The maximum Gasteiger partial charge on any atom is 0.333 e. The second-order valence-corrected chi connectivity index (χ2v) is 30.7. The van der Waals surface area contributed by atoms with Gasteiger partial charge in [0.15, 0.2) is 12.3 Å². The number of hydrogen-bond acceptors (Lipinski definition) is 25. The van der Waals surface area contributed by atoms with E-state index in [9.17, 15) is 79.2 Å². The van der Waals surface area contributed by atoms with Gasteiger partial charge in [-0.1, -0.05) is 23.8 Å². The molecule has 4 aromatic carbocycles. The van der Waals surface area contributed by atoms with Crippen LogP contribution >= 0.6 is 0 Å². The number of allylic oxidation sites excluding steroid dienone is 6. The highest BCUT2D eigenvalue weighted by Crippen LogP contribution is 2.54. The van der Waals surface area contributed by atoms with Crippen molar-refractivity contribution in [3.63, 3.8) is 0 Å². The normalized spacial score (nSPS) is 18.4. The van der Waals surface area contributed by atoms with Gasteiger partial charge in [-0.15, -0.1) is 5.06 Å². The van der Waals surface area contributed by atoms with Crippen molar-refractivity contribution in [2.45, 2.75) is 96.1 Å². The van der Waals surface area contributed by atoms with Gasteiger partial charge >= 0.3 is 5.97 Å². The minimum atomic E-state index is -5.46. The van der Waals surface area contributed by atoms with Crippen molar-refractivity contribution >= 4 is 107 Å². The number of carbonyl (C=O) groups is 3. The fourth-order valence-electron chi connectivity index (χ4n) is 12.0. The number of amides is 2. The minimum Gasteiger partial charge on any atom is -0.744 e. The number of fused-ring (bicyclic) bond motifs is 6. The van der Waals surface area contributed by atoms with Crippen molar-refractivity contribution < 1.29 is 131 Å². The average Bonchev–Trinajstić information content (AvgIpc) is 1.58. The molecule has 0 aromatic heterocycles. The molecule has 0 radical (unpaired) electrons. The monoisotopic (exact) mass is 1490 g/mol. The topological polar surface area (TPSA) is 428 Å². The fourth-order valence-corrected chi connectivity index (χ4v) is 15.2. The quantitative estimate of drug-likeness (QED) is 0.0149. The standard InChI is InChI=1S/C63H83N3O28S5/c1-44(9-15-55-62(2,19-7-39-95(70,71)72)60-49-40-45(96(73,74)75)42-53(98(79,80)81)47(49)12-14-52(60)65(55)22-24-88-30-32-92-37-38-93-36-34-90-28-26-86-5)10-16-56-63(3,20-23-87-29-31-91-35-33-89-27-25-85-4)61-50-41-46(97(76,77)78)43-54(99(82,83)84)48(50)11-13-51(61)64(56)21-6-8-59(69)94-66-57(67)17-18-58(66)68/h9-16,40-43H,6-8,17-39H2,1-5H3,(H4-,70,71,72,73,74,75,76,77,78,79,80,81,82,83,84). The Bertz CT molecular complexity index is 4310. The van der Waals surface area contributed by atoms with Gasteiger partial charge in [-0.2, -0.15) is 38.2 Å². The molecule has 3 heterocycles. The third-order valence-electron chi connectivity index (χ3n) is 16.6. The van der Waals surface area contributed by atoms with Crippen LogP contribution in [0.2, 0.25) is 0 Å². The summed E-state index contributed by atoms with van der Waals surface area (Å²) in [6.45, 7) is 8.74. The molecule has 99 heavy (non-hydrogen) atoms. The van der Waals surface area contributed by atoms with Gasteiger partial charge in [0.2, 0.25) is 5.69 Å². The molecular weight excluding hydrogens is 1410 g/mol. The molecule has 1 saturated heterocycles. The van der Waals surface area contributed by atoms with Crippen molar-refractivity contribution in [1.29, 1.82) is 0 Å². The highest BCUT2D eigenvalue weighted by atomic mass is 32.2. The SMILES string of the molecule is COCCOCCOCCOCCOCC[N+]1=C(/C=C/C(C)=C/C=C2/N(CCCC(=O)ON3C(=O)CCC3=O)c3ccc4c(S(=O)(=O)[O-])cc(S(=O)(=O)O)cc4c3C2(C)CCOCCOCCOCCOC)C(C)(CCCS(=O)(=O)O)c2c1ccc1c(S(=O)(=O)O)cc(S(=O)(=O)O)cc21. The number of methoxy groups -OCH3 is 2. The van der Waals surface area contributed by atoms with Gasteiger partial charge in [-0.25, -0.2) is 13.2 Å². The number of ether oxygens (including phenoxy) is 9. The van der Waals surface area contributed by atoms with Crippen LogP contribution in [-0.4, -0.2) is 237 Å². The Morgan fingerprint density at radius 3 is 1.58 bits per heavy atom. The zero-order chi connectivity index (χ0) is 72.6. The van der Waals surface area contributed by atoms with Crippen LogP contribution in [0.3, 0.4) is 0 Å². The van der Waals surface area contributed by atoms with Gasteiger partial charge in [0.05, 0.1) is 118 Å². The lowest BCUT2D eigenvalue weighted by atomic mass is 9.74. The largest absolute Gasteiger partial charge is 0.744 e. The molecule has 4 aromatic rings. The van der Waals surface area contributed by atoms with Gasteiger partial charge < -0.3 is 56.9 Å². The van der Waals surface area contributed by atoms with Crippen LogP contribution in [0.15, 0.2) is 104 Å². The number of carbonyl (C=O) groups excluding carboxylic acids is 3. The van der Waals surface area contributed by atoms with Crippen molar-refractivity contribution in [1.82, 2.24) is 5.06 Å². The first-order chi connectivity index (χ1) is 46.7. The van der Waals surface area contributed by atoms with Crippen molar-refractivity contribution in [2.24, 2.45) is 0 Å². The Hall–Kier alpha value is -6.11. The predicted molar refractivity (Wildman–Crippen MR) is 354 cm³/mol. The number of nitrogens with zero attached hydrogens (tertiary/aromatic N) is 3. The zero-order valence-corrected chi connectivity index (χ0v) is 59.4. The third kappa shape index (κ3) is 21.3. The summed E-state index contributed by atoms with van der Waals surface area (Å²) in [5.74, 6) is -3.11. The maximum absolute atomic E-state index is 13.3. The molecule has 548 valence electrons. The van der Waals surface area contributed by atoms with Gasteiger partial charge in [0, 0.05) is 86.5 Å². The molecular formula is C63H83N3O28S5. The van der Waals surface area contributed by atoms with Gasteiger partial charge in [-0.05, 0) is 111 Å². The number of benzene rings is 4. The van der Waals surface area contributed by atoms with E-state index in [0.29, 0.717) is 85.2 Å². The molecule has 36 heteroatoms. The third-order valence-corrected chi connectivity index (χ3v) is 20.9. The van der Waals surface area contributed by atoms with Crippen LogP contribution in [-0.2, 0) is 123 Å². The zero-order valence-electron chi connectivity index (χ0n) is 55.3. The lowest BCUT2D eigenvalue weighted by Crippen LogP contribution is -2.33. The van der Waals surface area contributed by atoms with E-state index >= 15 is 0 Å². The average molecular weight is 1490 g/mol. The molecule has 0 spiro atoms. The van der Waals surface area contributed by atoms with Crippen molar-refractivity contribution in [3.8, 4) is 0 Å². The molecule has 0 saturated carbocycles. The first-order valence-corrected chi connectivity index (χ1v) is 38.6.